The molecule has 4 heterocycles. The summed E-state index contributed by atoms with van der Waals surface area (Å²) in [5.41, 5.74) is 2.33. The summed E-state index contributed by atoms with van der Waals surface area (Å²) in [6, 6.07) is 14.3. The molecule has 0 spiro atoms. The number of pyridine rings is 1. The van der Waals surface area contributed by atoms with E-state index in [0.717, 1.165) is 41.6 Å². The molecule has 2 amide bonds. The molecule has 47 heavy (non-hydrogen) atoms. The number of hydrogen-bond acceptors (Lipinski definition) is 8. The second kappa shape index (κ2) is 13.0. The molecule has 1 aliphatic heterocycles. The van der Waals surface area contributed by atoms with Crippen LogP contribution in [-0.4, -0.2) is 61.1 Å². The van der Waals surface area contributed by atoms with Gasteiger partial charge in [0.25, 0.3) is 11.8 Å². The van der Waals surface area contributed by atoms with Crippen molar-refractivity contribution in [1.29, 1.82) is 5.26 Å². The zero-order chi connectivity index (χ0) is 33.3. The van der Waals surface area contributed by atoms with Gasteiger partial charge in [0.1, 0.15) is 11.6 Å². The average molecular weight is 656 g/mol. The van der Waals surface area contributed by atoms with Gasteiger partial charge >= 0.3 is 0 Å². The lowest BCUT2D eigenvalue weighted by molar-refractivity contribution is -0.127. The number of nitrogens with zero attached hydrogens (tertiary/aromatic N) is 5. The summed E-state index contributed by atoms with van der Waals surface area (Å²) >= 11 is 1.24. The van der Waals surface area contributed by atoms with Gasteiger partial charge in [0.15, 0.2) is 0 Å². The molecule has 1 atom stereocenters. The van der Waals surface area contributed by atoms with Gasteiger partial charge in [-0.2, -0.15) is 9.65 Å². The number of fused-ring (bicyclic) bond motifs is 1. The standard InChI is InChI=1S/C35H38FN7O3S/c1-34(2,46)21-38-19-22-6-7-27-26(15-22)40-33(41-31(44)29-9-8-28(47-29)23-10-13-39-30(36)16-23)43(27)20-25-5-4-14-42(25)32(45)24(18-37)17-35(3)11-12-35/h6-10,13,15-17,25,38,46H,4-5,11-12,14,19-21H2,1-3H3,(H,40,41,44)/t25-/m1/s1. The first kappa shape index (κ1) is 32.5. The first-order chi connectivity index (χ1) is 22.4. The van der Waals surface area contributed by atoms with Crippen molar-refractivity contribution in [2.24, 2.45) is 5.41 Å². The number of nitrogens with one attached hydrogen (secondary N) is 2. The molecule has 0 unspecified atom stereocenters. The van der Waals surface area contributed by atoms with Crippen LogP contribution in [0.3, 0.4) is 0 Å². The second-order valence-corrected chi connectivity index (χ2v) is 14.5. The van der Waals surface area contributed by atoms with E-state index < -0.39 is 11.5 Å². The number of anilines is 1. The van der Waals surface area contributed by atoms with E-state index in [2.05, 4.69) is 28.6 Å². The van der Waals surface area contributed by atoms with E-state index in [4.69, 9.17) is 4.98 Å². The maximum Gasteiger partial charge on any atom is 0.268 e. The van der Waals surface area contributed by atoms with Crippen molar-refractivity contribution in [3.05, 3.63) is 76.7 Å². The van der Waals surface area contributed by atoms with E-state index >= 15 is 0 Å². The predicted octanol–water partition coefficient (Wildman–Crippen LogP) is 5.65. The molecule has 1 aromatic carbocycles. The molecule has 2 fully saturated rings. The van der Waals surface area contributed by atoms with Gasteiger partial charge in [-0.25, -0.2) is 9.97 Å². The Morgan fingerprint density at radius 3 is 2.77 bits per heavy atom. The van der Waals surface area contributed by atoms with Crippen molar-refractivity contribution in [3.63, 3.8) is 0 Å². The van der Waals surface area contributed by atoms with Crippen molar-refractivity contribution >= 4 is 40.1 Å². The maximum atomic E-state index is 13.7. The lowest BCUT2D eigenvalue weighted by Crippen LogP contribution is -2.39. The number of rotatable bonds is 11. The van der Waals surface area contributed by atoms with Crippen molar-refractivity contribution in [2.75, 3.05) is 18.4 Å². The third-order valence-corrected chi connectivity index (χ3v) is 9.81. The van der Waals surface area contributed by atoms with Crippen LogP contribution in [0.1, 0.15) is 61.7 Å². The van der Waals surface area contributed by atoms with Crippen LogP contribution in [0.4, 0.5) is 10.3 Å². The highest BCUT2D eigenvalue weighted by Crippen LogP contribution is 2.47. The van der Waals surface area contributed by atoms with E-state index in [-0.39, 0.29) is 28.8 Å². The normalized spacial score (nSPS) is 17.6. The Hall–Kier alpha value is -4.44. The minimum Gasteiger partial charge on any atom is -0.389 e. The minimum atomic E-state index is -0.849. The Morgan fingerprint density at radius 2 is 2.04 bits per heavy atom. The number of likely N-dealkylation sites (tertiary alicyclic amines) is 1. The van der Waals surface area contributed by atoms with Gasteiger partial charge in [-0.15, -0.1) is 11.3 Å². The fraction of sp³-hybridized carbons (Fsp3) is 0.400. The number of allylic oxidation sites excluding steroid dienone is 1. The number of carbonyl (C=O) groups is 2. The summed E-state index contributed by atoms with van der Waals surface area (Å²) in [5.74, 6) is -0.857. The SMILES string of the molecule is CC(C)(O)CNCc1ccc2c(c1)nc(NC(=O)c1ccc(-c3ccnc(F)c3)s1)n2C[C@H]1CCCN1C(=O)C(C#N)=CC1(C)CC1. The molecule has 1 saturated carbocycles. The molecular weight excluding hydrogens is 617 g/mol. The van der Waals surface area contributed by atoms with Gasteiger partial charge < -0.3 is 19.9 Å². The van der Waals surface area contributed by atoms with Crippen molar-refractivity contribution in [1.82, 2.24) is 24.8 Å². The molecule has 12 heteroatoms. The molecule has 0 bridgehead atoms. The first-order valence-electron chi connectivity index (χ1n) is 15.8. The highest BCUT2D eigenvalue weighted by atomic mass is 32.1. The summed E-state index contributed by atoms with van der Waals surface area (Å²) in [4.78, 5) is 38.5. The fourth-order valence-electron chi connectivity index (χ4n) is 5.90. The summed E-state index contributed by atoms with van der Waals surface area (Å²) in [6.45, 7) is 7.42. The molecule has 244 valence electrons. The van der Waals surface area contributed by atoms with Gasteiger partial charge in [-0.05, 0) is 86.4 Å². The number of thiophene rings is 1. The van der Waals surface area contributed by atoms with Gasteiger partial charge in [0.05, 0.1) is 27.6 Å². The van der Waals surface area contributed by atoms with Crippen LogP contribution in [0.15, 0.2) is 60.3 Å². The molecule has 3 N–H and O–H groups in total. The summed E-state index contributed by atoms with van der Waals surface area (Å²) < 4.78 is 15.7. The summed E-state index contributed by atoms with van der Waals surface area (Å²) in [5, 5.41) is 26.2. The van der Waals surface area contributed by atoms with Crippen LogP contribution in [0.5, 0.6) is 0 Å². The number of carbonyl (C=O) groups excluding carboxylic acids is 2. The molecule has 1 aliphatic carbocycles. The lowest BCUT2D eigenvalue weighted by Gasteiger charge is -2.26. The van der Waals surface area contributed by atoms with E-state index in [9.17, 15) is 24.3 Å². The topological polar surface area (TPSA) is 136 Å². The van der Waals surface area contributed by atoms with E-state index in [0.29, 0.717) is 48.1 Å². The number of aliphatic hydroxyl groups is 1. The van der Waals surface area contributed by atoms with E-state index in [1.807, 2.05) is 28.8 Å². The van der Waals surface area contributed by atoms with Crippen LogP contribution in [0, 0.1) is 22.7 Å². The highest BCUT2D eigenvalue weighted by molar-refractivity contribution is 7.17. The van der Waals surface area contributed by atoms with E-state index in [1.165, 1.54) is 23.6 Å². The van der Waals surface area contributed by atoms with Gasteiger partial charge in [-0.1, -0.05) is 19.1 Å². The predicted molar refractivity (Wildman–Crippen MR) is 179 cm³/mol. The highest BCUT2D eigenvalue weighted by Gasteiger charge is 2.38. The van der Waals surface area contributed by atoms with E-state index in [1.54, 1.807) is 36.9 Å². The van der Waals surface area contributed by atoms with Gasteiger partial charge in [-0.3, -0.25) is 14.9 Å². The Kier molecular flexibility index (Phi) is 8.98. The Bertz CT molecular complexity index is 1900. The number of halogens is 1. The lowest BCUT2D eigenvalue weighted by atomic mass is 10.0. The molecule has 6 rings (SSSR count). The molecule has 4 aromatic rings. The maximum absolute atomic E-state index is 13.7. The average Bonchev–Trinajstić information content (AvgIpc) is 3.40. The van der Waals surface area contributed by atoms with Crippen molar-refractivity contribution in [2.45, 2.75) is 71.2 Å². The Labute approximate surface area is 276 Å². The van der Waals surface area contributed by atoms with Gasteiger partial charge in [0.2, 0.25) is 11.9 Å². The molecule has 1 saturated heterocycles. The minimum absolute atomic E-state index is 0.0827. The number of hydrogen-bond donors (Lipinski definition) is 3. The van der Waals surface area contributed by atoms with Crippen molar-refractivity contribution in [3.8, 4) is 16.5 Å². The molecular formula is C35H38FN7O3S. The Balaban J connectivity index is 1.29. The van der Waals surface area contributed by atoms with Gasteiger partial charge in [0, 0.05) is 43.3 Å². The van der Waals surface area contributed by atoms with Crippen molar-refractivity contribution < 1.29 is 19.1 Å². The number of aromatic nitrogens is 3. The zero-order valence-corrected chi connectivity index (χ0v) is 27.5. The molecule has 0 radical (unpaired) electrons. The van der Waals surface area contributed by atoms with Crippen LogP contribution in [0.2, 0.25) is 0 Å². The summed E-state index contributed by atoms with van der Waals surface area (Å²) in [6.07, 6.45) is 6.72. The Morgan fingerprint density at radius 1 is 1.23 bits per heavy atom. The molecule has 3 aromatic heterocycles. The number of imidazole rings is 1. The smallest absolute Gasteiger partial charge is 0.268 e. The summed E-state index contributed by atoms with van der Waals surface area (Å²) in [7, 11) is 0. The monoisotopic (exact) mass is 655 g/mol. The van der Waals surface area contributed by atoms with Crippen LogP contribution in [-0.2, 0) is 17.9 Å². The first-order valence-corrected chi connectivity index (χ1v) is 16.6. The second-order valence-electron chi connectivity index (χ2n) is 13.4. The number of amides is 2. The van der Waals surface area contributed by atoms with Crippen LogP contribution < -0.4 is 10.6 Å². The molecule has 2 aliphatic rings. The quantitative estimate of drug-likeness (QED) is 0.108. The van der Waals surface area contributed by atoms with Crippen LogP contribution in [0.25, 0.3) is 21.5 Å². The third-order valence-electron chi connectivity index (χ3n) is 8.68. The largest absolute Gasteiger partial charge is 0.389 e. The fourth-order valence-corrected chi connectivity index (χ4v) is 6.80. The number of nitriles is 1. The number of benzene rings is 1. The zero-order valence-electron chi connectivity index (χ0n) is 26.7. The third kappa shape index (κ3) is 7.59. The van der Waals surface area contributed by atoms with Crippen LogP contribution >= 0.6 is 11.3 Å². The molecule has 10 nitrogen and oxygen atoms in total.